The van der Waals surface area contributed by atoms with Gasteiger partial charge in [-0.25, -0.2) is 0 Å². The minimum absolute atomic E-state index is 0.258. The summed E-state index contributed by atoms with van der Waals surface area (Å²) in [6.07, 6.45) is 2.39. The molecule has 0 aliphatic carbocycles. The highest BCUT2D eigenvalue weighted by atomic mass is 16.3. The Morgan fingerprint density at radius 1 is 1.23 bits per heavy atom. The summed E-state index contributed by atoms with van der Waals surface area (Å²) in [6.45, 7) is 10.0. The van der Waals surface area contributed by atoms with Crippen LogP contribution < -0.4 is 5.32 Å². The normalized spacial score (nSPS) is 16.2. The summed E-state index contributed by atoms with van der Waals surface area (Å²) in [7, 11) is 0. The summed E-state index contributed by atoms with van der Waals surface area (Å²) in [5, 5.41) is 12.6. The molecule has 0 bridgehead atoms. The largest absolute Gasteiger partial charge is 0.395 e. The van der Waals surface area contributed by atoms with E-state index in [1.54, 1.807) is 0 Å². The molecule has 13 heavy (non-hydrogen) atoms. The van der Waals surface area contributed by atoms with Crippen molar-refractivity contribution in [3.8, 4) is 0 Å². The van der Waals surface area contributed by atoms with Crippen molar-refractivity contribution in [2.75, 3.05) is 13.2 Å². The Morgan fingerprint density at radius 3 is 2.23 bits per heavy atom. The minimum Gasteiger partial charge on any atom is -0.395 e. The average Bonchev–Trinajstić information content (AvgIpc) is 2.05. The Kier molecular flexibility index (Phi) is 7.29. The maximum absolute atomic E-state index is 9.17. The van der Waals surface area contributed by atoms with E-state index in [9.17, 15) is 5.11 Å². The molecule has 0 aromatic rings. The van der Waals surface area contributed by atoms with Crippen molar-refractivity contribution in [2.24, 2.45) is 11.8 Å². The van der Waals surface area contributed by atoms with Gasteiger partial charge < -0.3 is 10.4 Å². The summed E-state index contributed by atoms with van der Waals surface area (Å²) >= 11 is 0. The molecular weight excluding hydrogens is 162 g/mol. The number of aliphatic hydroxyl groups excluding tert-OH is 1. The molecule has 0 rings (SSSR count). The second-order valence-corrected chi connectivity index (χ2v) is 4.36. The first-order chi connectivity index (χ1) is 6.11. The van der Waals surface area contributed by atoms with Gasteiger partial charge in [0, 0.05) is 6.04 Å². The predicted molar refractivity (Wildman–Crippen MR) is 57.8 cm³/mol. The standard InChI is InChI=1S/C11H25NO/c1-5-6-10(4)11(8-13)12-7-9(2)3/h9-13H,5-8H2,1-4H3. The Balaban J connectivity index is 3.73. The molecule has 0 aromatic carbocycles. The molecule has 0 amide bonds. The molecular formula is C11H25NO. The number of rotatable bonds is 7. The quantitative estimate of drug-likeness (QED) is 0.639. The van der Waals surface area contributed by atoms with E-state index < -0.39 is 0 Å². The SMILES string of the molecule is CCCC(C)C(CO)NCC(C)C. The van der Waals surface area contributed by atoms with Crippen LogP contribution in [-0.4, -0.2) is 24.3 Å². The Hall–Kier alpha value is -0.0800. The third-order valence-corrected chi connectivity index (χ3v) is 2.42. The van der Waals surface area contributed by atoms with E-state index in [0.717, 1.165) is 6.54 Å². The zero-order valence-corrected chi connectivity index (χ0v) is 9.51. The lowest BCUT2D eigenvalue weighted by atomic mass is 9.97. The van der Waals surface area contributed by atoms with E-state index in [-0.39, 0.29) is 12.6 Å². The van der Waals surface area contributed by atoms with Gasteiger partial charge >= 0.3 is 0 Å². The molecule has 0 aliphatic heterocycles. The van der Waals surface area contributed by atoms with Crippen LogP contribution in [0.4, 0.5) is 0 Å². The lowest BCUT2D eigenvalue weighted by Gasteiger charge is -2.23. The van der Waals surface area contributed by atoms with Crippen LogP contribution >= 0.6 is 0 Å². The molecule has 2 unspecified atom stereocenters. The third kappa shape index (κ3) is 6.05. The first kappa shape index (κ1) is 12.9. The number of hydrogen-bond donors (Lipinski definition) is 2. The van der Waals surface area contributed by atoms with E-state index in [4.69, 9.17) is 0 Å². The predicted octanol–water partition coefficient (Wildman–Crippen LogP) is 2.03. The second kappa shape index (κ2) is 7.34. The molecule has 0 saturated carbocycles. The highest BCUT2D eigenvalue weighted by Crippen LogP contribution is 2.10. The Labute approximate surface area is 82.7 Å². The van der Waals surface area contributed by atoms with Crippen LogP contribution in [-0.2, 0) is 0 Å². The van der Waals surface area contributed by atoms with Crippen molar-refractivity contribution in [1.82, 2.24) is 5.32 Å². The Morgan fingerprint density at radius 2 is 1.85 bits per heavy atom. The van der Waals surface area contributed by atoms with Gasteiger partial charge in [0.05, 0.1) is 6.61 Å². The van der Waals surface area contributed by atoms with E-state index in [1.165, 1.54) is 12.8 Å². The van der Waals surface area contributed by atoms with Crippen molar-refractivity contribution in [3.05, 3.63) is 0 Å². The van der Waals surface area contributed by atoms with E-state index in [1.807, 2.05) is 0 Å². The first-order valence-electron chi connectivity index (χ1n) is 5.46. The van der Waals surface area contributed by atoms with Crippen molar-refractivity contribution in [2.45, 2.75) is 46.6 Å². The molecule has 0 aromatic heterocycles. The highest BCUT2D eigenvalue weighted by Gasteiger charge is 2.14. The van der Waals surface area contributed by atoms with Gasteiger partial charge in [0.15, 0.2) is 0 Å². The first-order valence-corrected chi connectivity index (χ1v) is 5.46. The number of nitrogens with one attached hydrogen (secondary N) is 1. The topological polar surface area (TPSA) is 32.3 Å². The van der Waals surface area contributed by atoms with Crippen LogP contribution in [0.3, 0.4) is 0 Å². The summed E-state index contributed by atoms with van der Waals surface area (Å²) in [5.41, 5.74) is 0. The number of aliphatic hydroxyl groups is 1. The van der Waals surface area contributed by atoms with Gasteiger partial charge in [-0.1, -0.05) is 34.1 Å². The second-order valence-electron chi connectivity index (χ2n) is 4.36. The van der Waals surface area contributed by atoms with Gasteiger partial charge in [0.25, 0.3) is 0 Å². The summed E-state index contributed by atoms with van der Waals surface area (Å²) in [6, 6.07) is 0.280. The van der Waals surface area contributed by atoms with Crippen LogP contribution in [0.15, 0.2) is 0 Å². The smallest absolute Gasteiger partial charge is 0.0587 e. The zero-order chi connectivity index (χ0) is 10.3. The molecule has 80 valence electrons. The van der Waals surface area contributed by atoms with Crippen molar-refractivity contribution in [3.63, 3.8) is 0 Å². The fourth-order valence-corrected chi connectivity index (χ4v) is 1.49. The molecule has 0 fully saturated rings. The van der Waals surface area contributed by atoms with Crippen molar-refractivity contribution >= 4 is 0 Å². The van der Waals surface area contributed by atoms with Gasteiger partial charge in [0.2, 0.25) is 0 Å². The maximum atomic E-state index is 9.17. The third-order valence-electron chi connectivity index (χ3n) is 2.42. The lowest BCUT2D eigenvalue weighted by molar-refractivity contribution is 0.196. The summed E-state index contributed by atoms with van der Waals surface area (Å²) in [5.74, 6) is 1.23. The van der Waals surface area contributed by atoms with Gasteiger partial charge in [-0.15, -0.1) is 0 Å². The molecule has 0 heterocycles. The molecule has 2 atom stereocenters. The summed E-state index contributed by atoms with van der Waals surface area (Å²) < 4.78 is 0. The molecule has 2 heteroatoms. The van der Waals surface area contributed by atoms with Crippen LogP contribution in [0.5, 0.6) is 0 Å². The molecule has 2 nitrogen and oxygen atoms in total. The summed E-state index contributed by atoms with van der Waals surface area (Å²) in [4.78, 5) is 0. The van der Waals surface area contributed by atoms with E-state index >= 15 is 0 Å². The highest BCUT2D eigenvalue weighted by molar-refractivity contribution is 4.72. The maximum Gasteiger partial charge on any atom is 0.0587 e. The molecule has 2 N–H and O–H groups in total. The van der Waals surface area contributed by atoms with Crippen LogP contribution in [0.1, 0.15) is 40.5 Å². The number of hydrogen-bond acceptors (Lipinski definition) is 2. The molecule has 0 aliphatic rings. The monoisotopic (exact) mass is 187 g/mol. The minimum atomic E-state index is 0.258. The van der Waals surface area contributed by atoms with Gasteiger partial charge in [-0.3, -0.25) is 0 Å². The van der Waals surface area contributed by atoms with E-state index in [0.29, 0.717) is 11.8 Å². The van der Waals surface area contributed by atoms with Crippen molar-refractivity contribution < 1.29 is 5.11 Å². The fraction of sp³-hybridized carbons (Fsp3) is 1.00. The van der Waals surface area contributed by atoms with Crippen LogP contribution in [0, 0.1) is 11.8 Å². The molecule has 0 spiro atoms. The zero-order valence-electron chi connectivity index (χ0n) is 9.51. The van der Waals surface area contributed by atoms with Gasteiger partial charge in [-0.05, 0) is 24.8 Å². The Bertz CT molecular complexity index is 115. The van der Waals surface area contributed by atoms with E-state index in [2.05, 4.69) is 33.0 Å². The average molecular weight is 187 g/mol. The molecule has 0 saturated heterocycles. The lowest BCUT2D eigenvalue weighted by Crippen LogP contribution is -2.40. The van der Waals surface area contributed by atoms with Gasteiger partial charge in [0.1, 0.15) is 0 Å². The van der Waals surface area contributed by atoms with Crippen molar-refractivity contribution in [1.29, 1.82) is 0 Å². The van der Waals surface area contributed by atoms with Crippen LogP contribution in [0.2, 0.25) is 0 Å². The fourth-order valence-electron chi connectivity index (χ4n) is 1.49. The molecule has 0 radical (unpaired) electrons. The van der Waals surface area contributed by atoms with Crippen LogP contribution in [0.25, 0.3) is 0 Å². The van der Waals surface area contributed by atoms with Gasteiger partial charge in [-0.2, -0.15) is 0 Å².